The first-order valence-electron chi connectivity index (χ1n) is 5.48. The molecule has 0 radical (unpaired) electrons. The van der Waals surface area contributed by atoms with Gasteiger partial charge in [0.05, 0.1) is 9.65 Å². The molecule has 4 saturated carbocycles. The van der Waals surface area contributed by atoms with Gasteiger partial charge in [-0.25, -0.2) is 0 Å². The second-order valence-electron chi connectivity index (χ2n) is 5.38. The molecule has 4 rings (SSSR count). The van der Waals surface area contributed by atoms with Gasteiger partial charge in [0.15, 0.2) is 11.6 Å². The van der Waals surface area contributed by atoms with E-state index in [4.69, 9.17) is 0 Å². The van der Waals surface area contributed by atoms with Crippen LogP contribution in [0.25, 0.3) is 0 Å². The van der Waals surface area contributed by atoms with Gasteiger partial charge in [0.1, 0.15) is 0 Å². The molecular weight excluding hydrogens is 324 g/mol. The standard InChI is InChI=1S/C11H10Br2O2/c12-8-4-2-1-3-5(4)9(13)11(15)7(3)6(2)10(8)14/h2-9H,1H2/t2-,3-,4-,5+,6+,7-,8-,9+/m0/s1. The lowest BCUT2D eigenvalue weighted by Gasteiger charge is -2.25. The highest BCUT2D eigenvalue weighted by Gasteiger charge is 2.74. The van der Waals surface area contributed by atoms with Crippen molar-refractivity contribution < 1.29 is 9.59 Å². The van der Waals surface area contributed by atoms with Crippen molar-refractivity contribution >= 4 is 43.4 Å². The lowest BCUT2D eigenvalue weighted by Crippen LogP contribution is -2.29. The van der Waals surface area contributed by atoms with Crippen LogP contribution in [0.3, 0.4) is 0 Å². The Morgan fingerprint density at radius 3 is 1.67 bits per heavy atom. The van der Waals surface area contributed by atoms with E-state index in [0.717, 1.165) is 6.42 Å². The molecule has 0 saturated heterocycles. The van der Waals surface area contributed by atoms with Gasteiger partial charge in [-0.15, -0.1) is 0 Å². The summed E-state index contributed by atoms with van der Waals surface area (Å²) in [5.41, 5.74) is 0. The van der Waals surface area contributed by atoms with Crippen molar-refractivity contribution in [2.75, 3.05) is 0 Å². The normalized spacial score (nSPS) is 64.7. The van der Waals surface area contributed by atoms with Crippen LogP contribution < -0.4 is 0 Å². The smallest absolute Gasteiger partial charge is 0.150 e. The van der Waals surface area contributed by atoms with E-state index < -0.39 is 0 Å². The maximum Gasteiger partial charge on any atom is 0.150 e. The zero-order chi connectivity index (χ0) is 10.5. The van der Waals surface area contributed by atoms with Gasteiger partial charge in [-0.1, -0.05) is 31.9 Å². The van der Waals surface area contributed by atoms with Crippen molar-refractivity contribution in [3.05, 3.63) is 0 Å². The highest BCUT2D eigenvalue weighted by Crippen LogP contribution is 2.70. The quantitative estimate of drug-likeness (QED) is 0.633. The molecule has 2 nitrogen and oxygen atoms in total. The van der Waals surface area contributed by atoms with Crippen LogP contribution in [0.4, 0.5) is 0 Å². The van der Waals surface area contributed by atoms with Crippen LogP contribution in [0.1, 0.15) is 6.42 Å². The molecule has 0 aromatic rings. The van der Waals surface area contributed by atoms with Gasteiger partial charge >= 0.3 is 0 Å². The average molecular weight is 334 g/mol. The summed E-state index contributed by atoms with van der Waals surface area (Å²) >= 11 is 7.09. The Kier molecular flexibility index (Phi) is 1.61. The minimum absolute atomic E-state index is 0.0284. The molecule has 4 aliphatic carbocycles. The van der Waals surface area contributed by atoms with Crippen LogP contribution in [-0.2, 0) is 9.59 Å². The van der Waals surface area contributed by atoms with Gasteiger partial charge in [-0.3, -0.25) is 9.59 Å². The number of hydrogen-bond donors (Lipinski definition) is 0. The molecule has 0 heterocycles. The third-order valence-electron chi connectivity index (χ3n) is 5.16. The van der Waals surface area contributed by atoms with E-state index in [9.17, 15) is 9.59 Å². The Bertz CT molecular complexity index is 358. The van der Waals surface area contributed by atoms with Crippen molar-refractivity contribution in [2.24, 2.45) is 35.5 Å². The first-order chi connectivity index (χ1) is 7.13. The van der Waals surface area contributed by atoms with E-state index in [1.165, 1.54) is 0 Å². The molecule has 0 N–H and O–H groups in total. The van der Waals surface area contributed by atoms with Crippen molar-refractivity contribution in [3.8, 4) is 0 Å². The summed E-state index contributed by atoms with van der Waals surface area (Å²) in [5.74, 6) is 2.63. The molecule has 0 unspecified atom stereocenters. The molecule has 0 aromatic heterocycles. The summed E-state index contributed by atoms with van der Waals surface area (Å²) in [5, 5.41) is 0. The van der Waals surface area contributed by atoms with Crippen LogP contribution in [-0.4, -0.2) is 21.2 Å². The van der Waals surface area contributed by atoms with Gasteiger partial charge in [-0.05, 0) is 30.1 Å². The fourth-order valence-corrected chi connectivity index (χ4v) is 6.95. The lowest BCUT2D eigenvalue weighted by molar-refractivity contribution is -0.128. The number of halogens is 2. The Morgan fingerprint density at radius 1 is 0.867 bits per heavy atom. The third kappa shape index (κ3) is 0.791. The topological polar surface area (TPSA) is 34.1 Å². The van der Waals surface area contributed by atoms with Crippen molar-refractivity contribution in [2.45, 2.75) is 16.1 Å². The molecule has 4 aliphatic rings. The van der Waals surface area contributed by atoms with Crippen molar-refractivity contribution in [1.82, 2.24) is 0 Å². The van der Waals surface area contributed by atoms with Gasteiger partial charge in [0.2, 0.25) is 0 Å². The van der Waals surface area contributed by atoms with E-state index in [-0.39, 0.29) is 21.5 Å². The molecule has 0 aromatic carbocycles. The number of alkyl halides is 2. The van der Waals surface area contributed by atoms with Crippen LogP contribution in [0.2, 0.25) is 0 Å². The molecule has 0 aliphatic heterocycles. The molecule has 15 heavy (non-hydrogen) atoms. The van der Waals surface area contributed by atoms with Crippen LogP contribution in [0.5, 0.6) is 0 Å². The van der Waals surface area contributed by atoms with E-state index in [1.807, 2.05) is 0 Å². The molecule has 0 amide bonds. The molecule has 0 spiro atoms. The van der Waals surface area contributed by atoms with Gasteiger partial charge in [-0.2, -0.15) is 0 Å². The van der Waals surface area contributed by atoms with Crippen LogP contribution in [0.15, 0.2) is 0 Å². The van der Waals surface area contributed by atoms with E-state index in [1.54, 1.807) is 0 Å². The molecule has 2 bridgehead atoms. The van der Waals surface area contributed by atoms with E-state index in [2.05, 4.69) is 31.9 Å². The Labute approximate surface area is 104 Å². The minimum atomic E-state index is 0.0284. The zero-order valence-electron chi connectivity index (χ0n) is 7.90. The number of ketones is 2. The Morgan fingerprint density at radius 2 is 1.27 bits per heavy atom. The van der Waals surface area contributed by atoms with Crippen LogP contribution >= 0.6 is 31.9 Å². The predicted molar refractivity (Wildman–Crippen MR) is 61.0 cm³/mol. The molecule has 80 valence electrons. The largest absolute Gasteiger partial charge is 0.298 e. The molecule has 4 heteroatoms. The molecule has 4 fully saturated rings. The monoisotopic (exact) mass is 332 g/mol. The number of fused-ring (bicyclic) bond motifs is 2. The molecule has 8 atom stereocenters. The fourth-order valence-electron chi connectivity index (χ4n) is 4.85. The maximum absolute atomic E-state index is 12.1. The number of Topliss-reactive ketones (excluding diaryl/α,β-unsaturated/α-hetero) is 2. The maximum atomic E-state index is 12.1. The zero-order valence-corrected chi connectivity index (χ0v) is 11.1. The first kappa shape index (κ1) is 9.34. The van der Waals surface area contributed by atoms with Crippen molar-refractivity contribution in [3.63, 3.8) is 0 Å². The second kappa shape index (κ2) is 2.58. The first-order valence-corrected chi connectivity index (χ1v) is 7.31. The third-order valence-corrected chi connectivity index (χ3v) is 7.29. The Hall–Kier alpha value is 0.300. The number of carbonyl (C=O) groups excluding carboxylic acids is 2. The van der Waals surface area contributed by atoms with Gasteiger partial charge < -0.3 is 0 Å². The van der Waals surface area contributed by atoms with Crippen LogP contribution in [0, 0.1) is 35.5 Å². The average Bonchev–Trinajstić information content (AvgIpc) is 2.85. The Balaban J connectivity index is 1.93. The summed E-state index contributed by atoms with van der Waals surface area (Å²) in [7, 11) is 0. The lowest BCUT2D eigenvalue weighted by atomic mass is 9.79. The summed E-state index contributed by atoms with van der Waals surface area (Å²) < 4.78 is 0. The van der Waals surface area contributed by atoms with E-state index in [0.29, 0.717) is 35.2 Å². The minimum Gasteiger partial charge on any atom is -0.298 e. The van der Waals surface area contributed by atoms with E-state index >= 15 is 0 Å². The SMILES string of the molecule is O=C1[C@@H]2[C@H]3C[C@@H]4[C@@H]2C(=O)[C@H](Br)[C@H]4[C@H]3[C@@H]1Br. The van der Waals surface area contributed by atoms with Crippen molar-refractivity contribution in [1.29, 1.82) is 0 Å². The molecular formula is C11H10Br2O2. The second-order valence-corrected chi connectivity index (χ2v) is 7.35. The highest BCUT2D eigenvalue weighted by molar-refractivity contribution is 9.10. The summed E-state index contributed by atoms with van der Waals surface area (Å²) in [6.07, 6.45) is 1.12. The number of carbonyl (C=O) groups is 2. The van der Waals surface area contributed by atoms with Gasteiger partial charge in [0.25, 0.3) is 0 Å². The highest BCUT2D eigenvalue weighted by atomic mass is 79.9. The number of hydrogen-bond acceptors (Lipinski definition) is 2. The summed E-state index contributed by atoms with van der Waals surface area (Å²) in [4.78, 5) is 24.2. The number of rotatable bonds is 0. The van der Waals surface area contributed by atoms with Gasteiger partial charge in [0, 0.05) is 11.8 Å². The fraction of sp³-hybridized carbons (Fsp3) is 0.818. The summed E-state index contributed by atoms with van der Waals surface area (Å²) in [6.45, 7) is 0. The predicted octanol–water partition coefficient (Wildman–Crippen LogP) is 1.79. The summed E-state index contributed by atoms with van der Waals surface area (Å²) in [6, 6.07) is 0.